The van der Waals surface area contributed by atoms with E-state index < -0.39 is 9.84 Å². The first kappa shape index (κ1) is 15.0. The Kier molecular flexibility index (Phi) is 5.62. The van der Waals surface area contributed by atoms with Gasteiger partial charge in [0.05, 0.1) is 16.3 Å². The summed E-state index contributed by atoms with van der Waals surface area (Å²) in [5, 5.41) is 0. The third-order valence-electron chi connectivity index (χ3n) is 2.81. The van der Waals surface area contributed by atoms with Crippen LogP contribution in [0.15, 0.2) is 29.2 Å². The monoisotopic (exact) mass is 270 g/mol. The average molecular weight is 270 g/mol. The number of nitrogens with zero attached hydrogens (tertiary/aromatic N) is 1. The van der Waals surface area contributed by atoms with Gasteiger partial charge in [-0.25, -0.2) is 8.42 Å². The van der Waals surface area contributed by atoms with Crippen LogP contribution in [0.5, 0.6) is 0 Å². The van der Waals surface area contributed by atoms with Gasteiger partial charge in [0.25, 0.3) is 0 Å². The summed E-state index contributed by atoms with van der Waals surface area (Å²) >= 11 is 0. The number of sulfone groups is 1. The fraction of sp³-hybridized carbons (Fsp3) is 0.538. The summed E-state index contributed by atoms with van der Waals surface area (Å²) in [6, 6.07) is 7.16. The van der Waals surface area contributed by atoms with Gasteiger partial charge in [-0.1, -0.05) is 26.0 Å². The molecule has 1 aromatic carbocycles. The van der Waals surface area contributed by atoms with Gasteiger partial charge >= 0.3 is 0 Å². The van der Waals surface area contributed by atoms with E-state index >= 15 is 0 Å². The molecule has 0 aromatic heterocycles. The highest BCUT2D eigenvalue weighted by Crippen LogP contribution is 2.25. The minimum atomic E-state index is -3.19. The molecule has 0 bridgehead atoms. The fourth-order valence-corrected chi connectivity index (χ4v) is 3.03. The van der Waals surface area contributed by atoms with Crippen LogP contribution in [0.3, 0.4) is 0 Å². The predicted octanol–water partition coefficient (Wildman–Crippen LogP) is 1.66. The molecule has 0 heterocycles. The van der Waals surface area contributed by atoms with Crippen molar-refractivity contribution in [3.63, 3.8) is 0 Å². The summed E-state index contributed by atoms with van der Waals surface area (Å²) in [6.45, 7) is 5.73. The van der Waals surface area contributed by atoms with Crippen molar-refractivity contribution in [2.24, 2.45) is 5.73 Å². The van der Waals surface area contributed by atoms with Gasteiger partial charge in [-0.3, -0.25) is 0 Å². The quantitative estimate of drug-likeness (QED) is 0.818. The maximum Gasteiger partial charge on any atom is 0.180 e. The number of para-hydroxylation sites is 1. The van der Waals surface area contributed by atoms with Gasteiger partial charge in [-0.05, 0) is 18.6 Å². The van der Waals surface area contributed by atoms with Crippen molar-refractivity contribution in [3.8, 4) is 0 Å². The molecule has 2 N–H and O–H groups in total. The zero-order chi connectivity index (χ0) is 13.6. The van der Waals surface area contributed by atoms with Crippen molar-refractivity contribution >= 4 is 15.5 Å². The van der Waals surface area contributed by atoms with Gasteiger partial charge in [0.15, 0.2) is 9.84 Å². The molecular formula is C13H22N2O2S. The van der Waals surface area contributed by atoms with Gasteiger partial charge < -0.3 is 10.6 Å². The molecule has 0 amide bonds. The topological polar surface area (TPSA) is 63.4 Å². The maximum atomic E-state index is 12.1. The molecule has 102 valence electrons. The number of hydrogen-bond donors (Lipinski definition) is 1. The molecule has 5 heteroatoms. The fourth-order valence-electron chi connectivity index (χ4n) is 1.92. The molecule has 0 unspecified atom stereocenters. The van der Waals surface area contributed by atoms with E-state index in [0.29, 0.717) is 18.0 Å². The van der Waals surface area contributed by atoms with E-state index in [0.717, 1.165) is 18.7 Å². The van der Waals surface area contributed by atoms with Crippen LogP contribution in [-0.4, -0.2) is 33.8 Å². The van der Waals surface area contributed by atoms with Crippen molar-refractivity contribution < 1.29 is 8.42 Å². The third kappa shape index (κ3) is 3.46. The van der Waals surface area contributed by atoms with Crippen molar-refractivity contribution in [2.75, 3.05) is 30.3 Å². The summed E-state index contributed by atoms with van der Waals surface area (Å²) in [5.74, 6) is 0.118. The Morgan fingerprint density at radius 3 is 2.39 bits per heavy atom. The van der Waals surface area contributed by atoms with Crippen LogP contribution in [0.25, 0.3) is 0 Å². The lowest BCUT2D eigenvalue weighted by atomic mass is 10.2. The van der Waals surface area contributed by atoms with E-state index in [1.54, 1.807) is 19.1 Å². The number of benzene rings is 1. The van der Waals surface area contributed by atoms with E-state index in [1.807, 2.05) is 17.0 Å². The molecule has 0 aliphatic heterocycles. The smallest absolute Gasteiger partial charge is 0.180 e. The first-order chi connectivity index (χ1) is 8.56. The number of anilines is 1. The lowest BCUT2D eigenvalue weighted by Crippen LogP contribution is -2.31. The third-order valence-corrected chi connectivity index (χ3v) is 4.59. The molecule has 18 heavy (non-hydrogen) atoms. The zero-order valence-corrected chi connectivity index (χ0v) is 11.9. The molecule has 4 nitrogen and oxygen atoms in total. The van der Waals surface area contributed by atoms with Gasteiger partial charge in [-0.2, -0.15) is 0 Å². The predicted molar refractivity (Wildman–Crippen MR) is 75.7 cm³/mol. The summed E-state index contributed by atoms with van der Waals surface area (Å²) in [4.78, 5) is 2.46. The number of hydrogen-bond acceptors (Lipinski definition) is 4. The second kappa shape index (κ2) is 6.75. The second-order valence-electron chi connectivity index (χ2n) is 4.15. The lowest BCUT2D eigenvalue weighted by molar-refractivity contribution is 0.596. The second-order valence-corrected chi connectivity index (χ2v) is 6.39. The Morgan fingerprint density at radius 1 is 1.17 bits per heavy atom. The van der Waals surface area contributed by atoms with Gasteiger partial charge in [0, 0.05) is 19.6 Å². The van der Waals surface area contributed by atoms with Crippen LogP contribution in [0.4, 0.5) is 5.69 Å². The molecule has 1 rings (SSSR count). The molecular weight excluding hydrogens is 248 g/mol. The van der Waals surface area contributed by atoms with E-state index in [2.05, 4.69) is 6.92 Å². The van der Waals surface area contributed by atoms with E-state index in [-0.39, 0.29) is 5.75 Å². The van der Waals surface area contributed by atoms with E-state index in [9.17, 15) is 8.42 Å². The summed E-state index contributed by atoms with van der Waals surface area (Å²) in [6.07, 6.45) is 0.959. The summed E-state index contributed by atoms with van der Waals surface area (Å²) in [7, 11) is -3.19. The number of rotatable bonds is 7. The zero-order valence-electron chi connectivity index (χ0n) is 11.1. The Morgan fingerprint density at radius 2 is 1.83 bits per heavy atom. The van der Waals surface area contributed by atoms with Crippen molar-refractivity contribution in [2.45, 2.75) is 25.2 Å². The van der Waals surface area contributed by atoms with Gasteiger partial charge in [-0.15, -0.1) is 0 Å². The molecule has 0 radical (unpaired) electrons. The van der Waals surface area contributed by atoms with Gasteiger partial charge in [0.2, 0.25) is 0 Å². The lowest BCUT2D eigenvalue weighted by Gasteiger charge is -2.25. The Labute approximate surface area is 110 Å². The van der Waals surface area contributed by atoms with Crippen LogP contribution in [0.2, 0.25) is 0 Å². The highest BCUT2D eigenvalue weighted by Gasteiger charge is 2.19. The molecule has 0 saturated heterocycles. The molecule has 0 aliphatic rings. The van der Waals surface area contributed by atoms with Crippen LogP contribution >= 0.6 is 0 Å². The van der Waals surface area contributed by atoms with Crippen LogP contribution in [0.1, 0.15) is 20.3 Å². The van der Waals surface area contributed by atoms with E-state index in [1.165, 1.54) is 0 Å². The average Bonchev–Trinajstić information content (AvgIpc) is 2.38. The van der Waals surface area contributed by atoms with Crippen LogP contribution < -0.4 is 10.6 Å². The molecule has 1 aromatic rings. The minimum absolute atomic E-state index is 0.118. The highest BCUT2D eigenvalue weighted by atomic mass is 32.2. The SMILES string of the molecule is CCCN(CCN)c1ccccc1S(=O)(=O)CC. The maximum absolute atomic E-state index is 12.1. The van der Waals surface area contributed by atoms with Crippen molar-refractivity contribution in [1.82, 2.24) is 0 Å². The van der Waals surface area contributed by atoms with Crippen LogP contribution in [-0.2, 0) is 9.84 Å². The Hall–Kier alpha value is -1.07. The standard InChI is InChI=1S/C13H22N2O2S/c1-3-10-15(11-9-14)12-7-5-6-8-13(12)18(16,17)4-2/h5-8H,3-4,9-11,14H2,1-2H3. The first-order valence-electron chi connectivity index (χ1n) is 6.33. The van der Waals surface area contributed by atoms with E-state index in [4.69, 9.17) is 5.73 Å². The first-order valence-corrected chi connectivity index (χ1v) is 7.98. The Balaban J connectivity index is 3.22. The number of nitrogens with two attached hydrogens (primary N) is 1. The van der Waals surface area contributed by atoms with Crippen molar-refractivity contribution in [1.29, 1.82) is 0 Å². The summed E-state index contributed by atoms with van der Waals surface area (Å²) in [5.41, 5.74) is 6.37. The molecule has 0 saturated carbocycles. The minimum Gasteiger partial charge on any atom is -0.369 e. The van der Waals surface area contributed by atoms with Crippen LogP contribution in [0, 0.1) is 0 Å². The van der Waals surface area contributed by atoms with Gasteiger partial charge in [0.1, 0.15) is 0 Å². The summed E-state index contributed by atoms with van der Waals surface area (Å²) < 4.78 is 24.2. The largest absolute Gasteiger partial charge is 0.369 e. The van der Waals surface area contributed by atoms with Crippen molar-refractivity contribution in [3.05, 3.63) is 24.3 Å². The molecule has 0 spiro atoms. The Bertz CT molecular complexity index is 466. The molecule has 0 fully saturated rings. The molecule has 0 atom stereocenters. The highest BCUT2D eigenvalue weighted by molar-refractivity contribution is 7.91. The molecule has 0 aliphatic carbocycles. The normalized spacial score (nSPS) is 11.5.